The highest BCUT2D eigenvalue weighted by Gasteiger charge is 2.06. The number of benzene rings is 1. The van der Waals surface area contributed by atoms with Gasteiger partial charge in [-0.25, -0.2) is 0 Å². The first-order valence-electron chi connectivity index (χ1n) is 4.06. The molecule has 0 amide bonds. The number of carbonyl (C=O) groups is 1. The predicted octanol–water partition coefficient (Wildman–Crippen LogP) is 2.59. The van der Waals surface area contributed by atoms with Crippen LogP contribution in [0.25, 0.3) is 0 Å². The van der Waals surface area contributed by atoms with Gasteiger partial charge in [0.15, 0.2) is 0 Å². The second kappa shape index (κ2) is 5.79. The summed E-state index contributed by atoms with van der Waals surface area (Å²) in [6.45, 7) is 0. The lowest BCUT2D eigenvalue weighted by Crippen LogP contribution is -2.03. The van der Waals surface area contributed by atoms with E-state index >= 15 is 0 Å². The van der Waals surface area contributed by atoms with Crippen molar-refractivity contribution in [1.29, 1.82) is 5.26 Å². The van der Waals surface area contributed by atoms with Crippen molar-refractivity contribution in [3.8, 4) is 6.07 Å². The molecule has 0 spiro atoms. The molecule has 0 aromatic heterocycles. The quantitative estimate of drug-likeness (QED) is 0.633. The van der Waals surface area contributed by atoms with Gasteiger partial charge in [-0.15, -0.1) is 11.8 Å². The van der Waals surface area contributed by atoms with Gasteiger partial charge in [0.1, 0.15) is 6.07 Å². The molecular formula is C10H8BrNO2S. The molecule has 0 fully saturated rings. The SMILES string of the molecule is COC(=O)CSc1cc(Br)ccc1C#N. The smallest absolute Gasteiger partial charge is 0.315 e. The van der Waals surface area contributed by atoms with E-state index in [4.69, 9.17) is 5.26 Å². The molecule has 1 aromatic carbocycles. The molecule has 78 valence electrons. The first-order valence-corrected chi connectivity index (χ1v) is 5.84. The summed E-state index contributed by atoms with van der Waals surface area (Å²) in [5, 5.41) is 8.84. The number of hydrogen-bond acceptors (Lipinski definition) is 4. The minimum absolute atomic E-state index is 0.210. The van der Waals surface area contributed by atoms with Crippen LogP contribution in [0, 0.1) is 11.3 Å². The van der Waals surface area contributed by atoms with E-state index in [-0.39, 0.29) is 11.7 Å². The van der Waals surface area contributed by atoms with Gasteiger partial charge in [0, 0.05) is 9.37 Å². The maximum atomic E-state index is 10.9. The molecule has 0 radical (unpaired) electrons. The molecular weight excluding hydrogens is 278 g/mol. The summed E-state index contributed by atoms with van der Waals surface area (Å²) in [6.07, 6.45) is 0. The van der Waals surface area contributed by atoms with Crippen molar-refractivity contribution in [3.05, 3.63) is 28.2 Å². The van der Waals surface area contributed by atoms with Crippen molar-refractivity contribution in [2.75, 3.05) is 12.9 Å². The highest BCUT2D eigenvalue weighted by Crippen LogP contribution is 2.26. The molecule has 0 atom stereocenters. The number of thioether (sulfide) groups is 1. The highest BCUT2D eigenvalue weighted by atomic mass is 79.9. The van der Waals surface area contributed by atoms with Crippen LogP contribution in [-0.2, 0) is 9.53 Å². The summed E-state index contributed by atoms with van der Waals surface area (Å²) >= 11 is 4.60. The van der Waals surface area contributed by atoms with Gasteiger partial charge < -0.3 is 4.74 Å². The van der Waals surface area contributed by atoms with Crippen LogP contribution in [0.3, 0.4) is 0 Å². The Morgan fingerprint density at radius 2 is 2.40 bits per heavy atom. The van der Waals surface area contributed by atoms with Crippen LogP contribution in [0.2, 0.25) is 0 Å². The summed E-state index contributed by atoms with van der Waals surface area (Å²) < 4.78 is 5.40. The van der Waals surface area contributed by atoms with E-state index in [0.29, 0.717) is 5.56 Å². The first kappa shape index (κ1) is 12.1. The van der Waals surface area contributed by atoms with Crippen LogP contribution in [-0.4, -0.2) is 18.8 Å². The molecule has 1 aromatic rings. The number of carbonyl (C=O) groups excluding carboxylic acids is 1. The maximum Gasteiger partial charge on any atom is 0.315 e. The number of rotatable bonds is 3. The standard InChI is InChI=1S/C10H8BrNO2S/c1-14-10(13)6-15-9-4-8(11)3-2-7(9)5-12/h2-4H,6H2,1H3. The Labute approximate surface area is 101 Å². The normalized spacial score (nSPS) is 9.40. The highest BCUT2D eigenvalue weighted by molar-refractivity contribution is 9.10. The van der Waals surface area contributed by atoms with E-state index in [1.165, 1.54) is 18.9 Å². The third kappa shape index (κ3) is 3.57. The summed E-state index contributed by atoms with van der Waals surface area (Å²) in [7, 11) is 1.34. The molecule has 0 aliphatic carbocycles. The minimum Gasteiger partial charge on any atom is -0.468 e. The van der Waals surface area contributed by atoms with Crippen molar-refractivity contribution < 1.29 is 9.53 Å². The zero-order chi connectivity index (χ0) is 11.3. The van der Waals surface area contributed by atoms with Crippen LogP contribution in [0.1, 0.15) is 5.56 Å². The lowest BCUT2D eigenvalue weighted by Gasteiger charge is -2.03. The van der Waals surface area contributed by atoms with Gasteiger partial charge in [0.25, 0.3) is 0 Å². The fraction of sp³-hybridized carbons (Fsp3) is 0.200. The van der Waals surface area contributed by atoms with Crippen LogP contribution >= 0.6 is 27.7 Å². The molecule has 5 heteroatoms. The van der Waals surface area contributed by atoms with Crippen molar-refractivity contribution in [2.24, 2.45) is 0 Å². The monoisotopic (exact) mass is 285 g/mol. The third-order valence-electron chi connectivity index (χ3n) is 1.64. The zero-order valence-electron chi connectivity index (χ0n) is 7.99. The largest absolute Gasteiger partial charge is 0.468 e. The van der Waals surface area contributed by atoms with Gasteiger partial charge in [0.2, 0.25) is 0 Å². The molecule has 0 bridgehead atoms. The lowest BCUT2D eigenvalue weighted by atomic mass is 10.2. The molecule has 0 saturated carbocycles. The number of nitrogens with zero attached hydrogens (tertiary/aromatic N) is 1. The van der Waals surface area contributed by atoms with Gasteiger partial charge in [-0.3, -0.25) is 4.79 Å². The van der Waals surface area contributed by atoms with Gasteiger partial charge in [0.05, 0.1) is 18.4 Å². The second-order valence-electron chi connectivity index (χ2n) is 2.62. The van der Waals surface area contributed by atoms with E-state index in [1.807, 2.05) is 6.07 Å². The average Bonchev–Trinajstić information content (AvgIpc) is 2.26. The van der Waals surface area contributed by atoms with E-state index < -0.39 is 0 Å². The average molecular weight is 286 g/mol. The van der Waals surface area contributed by atoms with E-state index in [0.717, 1.165) is 9.37 Å². The molecule has 0 saturated heterocycles. The van der Waals surface area contributed by atoms with Crippen LogP contribution in [0.15, 0.2) is 27.6 Å². The van der Waals surface area contributed by atoms with Crippen molar-refractivity contribution in [3.63, 3.8) is 0 Å². The first-order chi connectivity index (χ1) is 7.17. The Morgan fingerprint density at radius 3 is 3.00 bits per heavy atom. The Balaban J connectivity index is 2.80. The van der Waals surface area contributed by atoms with Crippen molar-refractivity contribution in [2.45, 2.75) is 4.90 Å². The fourth-order valence-corrected chi connectivity index (χ4v) is 2.29. The van der Waals surface area contributed by atoms with Gasteiger partial charge in [-0.1, -0.05) is 15.9 Å². The Bertz CT molecular complexity index is 414. The Kier molecular flexibility index (Phi) is 4.66. The lowest BCUT2D eigenvalue weighted by molar-refractivity contribution is -0.137. The summed E-state index contributed by atoms with van der Waals surface area (Å²) in [5.74, 6) is -0.0920. The predicted molar refractivity (Wildman–Crippen MR) is 61.6 cm³/mol. The summed E-state index contributed by atoms with van der Waals surface area (Å²) in [6, 6.07) is 7.39. The third-order valence-corrected chi connectivity index (χ3v) is 3.16. The topological polar surface area (TPSA) is 50.1 Å². The Morgan fingerprint density at radius 1 is 1.67 bits per heavy atom. The minimum atomic E-state index is -0.302. The fourth-order valence-electron chi connectivity index (χ4n) is 0.904. The number of esters is 1. The molecule has 3 nitrogen and oxygen atoms in total. The van der Waals surface area contributed by atoms with Crippen LogP contribution in [0.5, 0.6) is 0 Å². The molecule has 0 aliphatic heterocycles. The van der Waals surface area contributed by atoms with Crippen LogP contribution in [0.4, 0.5) is 0 Å². The van der Waals surface area contributed by atoms with Gasteiger partial charge in [-0.2, -0.15) is 5.26 Å². The van der Waals surface area contributed by atoms with Gasteiger partial charge in [-0.05, 0) is 18.2 Å². The van der Waals surface area contributed by atoms with E-state index in [9.17, 15) is 4.79 Å². The summed E-state index contributed by atoms with van der Waals surface area (Å²) in [5.41, 5.74) is 0.562. The number of nitriles is 1. The molecule has 0 heterocycles. The second-order valence-corrected chi connectivity index (χ2v) is 4.55. The molecule has 0 unspecified atom stereocenters. The molecule has 1 rings (SSSR count). The molecule has 15 heavy (non-hydrogen) atoms. The molecule has 0 N–H and O–H groups in total. The van der Waals surface area contributed by atoms with E-state index in [1.54, 1.807) is 12.1 Å². The molecule has 0 aliphatic rings. The maximum absolute atomic E-state index is 10.9. The Hall–Kier alpha value is -0.990. The number of methoxy groups -OCH3 is 1. The number of ether oxygens (including phenoxy) is 1. The van der Waals surface area contributed by atoms with Crippen LogP contribution < -0.4 is 0 Å². The summed E-state index contributed by atoms with van der Waals surface area (Å²) in [4.78, 5) is 11.7. The van der Waals surface area contributed by atoms with Crippen molar-refractivity contribution in [1.82, 2.24) is 0 Å². The zero-order valence-corrected chi connectivity index (χ0v) is 10.4. The number of hydrogen-bond donors (Lipinski definition) is 0. The van der Waals surface area contributed by atoms with E-state index in [2.05, 4.69) is 26.7 Å². The van der Waals surface area contributed by atoms with Gasteiger partial charge >= 0.3 is 5.97 Å². The van der Waals surface area contributed by atoms with Crippen molar-refractivity contribution >= 4 is 33.7 Å². The number of halogens is 1.